The lowest BCUT2D eigenvalue weighted by molar-refractivity contribution is -0.123. The Morgan fingerprint density at radius 2 is 0.774 bits per heavy atom. The van der Waals surface area contributed by atoms with Crippen LogP contribution in [0, 0.1) is 0 Å². The minimum atomic E-state index is -0.659. The van der Waals surface area contributed by atoms with Crippen LogP contribution < -0.4 is 5.32 Å². The van der Waals surface area contributed by atoms with Crippen molar-refractivity contribution in [2.45, 2.75) is 276 Å². The lowest BCUT2D eigenvalue weighted by Gasteiger charge is -2.22. The molecule has 314 valence electrons. The third-order valence-corrected chi connectivity index (χ3v) is 11.2. The average Bonchev–Trinajstić information content (AvgIpc) is 3.16. The molecule has 1 amide bonds. The molecule has 0 rings (SSSR count). The van der Waals surface area contributed by atoms with Crippen LogP contribution in [0.15, 0.2) is 24.3 Å². The number of allylic oxidation sites excluding steroid dienone is 4. The third-order valence-electron chi connectivity index (χ3n) is 11.2. The highest BCUT2D eigenvalue weighted by Crippen LogP contribution is 2.16. The lowest BCUT2D eigenvalue weighted by Crippen LogP contribution is -2.45. The summed E-state index contributed by atoms with van der Waals surface area (Å²) < 4.78 is 0. The van der Waals surface area contributed by atoms with Gasteiger partial charge in [-0.3, -0.25) is 4.79 Å². The molecule has 0 aromatic carbocycles. The van der Waals surface area contributed by atoms with Crippen molar-refractivity contribution in [3.63, 3.8) is 0 Å². The van der Waals surface area contributed by atoms with Gasteiger partial charge in [0.05, 0.1) is 18.8 Å². The van der Waals surface area contributed by atoms with Crippen LogP contribution in [0.3, 0.4) is 0 Å². The van der Waals surface area contributed by atoms with Gasteiger partial charge in [-0.25, -0.2) is 0 Å². The maximum atomic E-state index is 12.4. The molecular weight excluding hydrogens is 651 g/mol. The number of unbranched alkanes of at least 4 members (excludes halogenated alkanes) is 33. The lowest BCUT2D eigenvalue weighted by atomic mass is 10.0. The zero-order valence-electron chi connectivity index (χ0n) is 36.1. The summed E-state index contributed by atoms with van der Waals surface area (Å²) in [6, 6.07) is -0.537. The summed E-state index contributed by atoms with van der Waals surface area (Å²) in [5.74, 6) is -0.0331. The quantitative estimate of drug-likeness (QED) is 0.0430. The highest BCUT2D eigenvalue weighted by molar-refractivity contribution is 5.76. The Morgan fingerprint density at radius 1 is 0.453 bits per heavy atom. The number of carbonyl (C=O) groups excluding carboxylic acids is 1. The molecular formula is C49H95NO3. The van der Waals surface area contributed by atoms with E-state index in [1.807, 2.05) is 0 Å². The van der Waals surface area contributed by atoms with Crippen LogP contribution in [0.25, 0.3) is 0 Å². The molecule has 0 aliphatic carbocycles. The van der Waals surface area contributed by atoms with Crippen LogP contribution in [0.4, 0.5) is 0 Å². The van der Waals surface area contributed by atoms with Crippen LogP contribution in [0.2, 0.25) is 0 Å². The second kappa shape index (κ2) is 45.3. The Bertz CT molecular complexity index is 765. The van der Waals surface area contributed by atoms with Gasteiger partial charge in [-0.2, -0.15) is 0 Å². The zero-order chi connectivity index (χ0) is 38.6. The predicted octanol–water partition coefficient (Wildman–Crippen LogP) is 15.2. The molecule has 0 aliphatic rings. The van der Waals surface area contributed by atoms with Crippen LogP contribution in [-0.2, 0) is 4.79 Å². The molecule has 2 atom stereocenters. The van der Waals surface area contributed by atoms with Crippen molar-refractivity contribution in [2.24, 2.45) is 0 Å². The summed E-state index contributed by atoms with van der Waals surface area (Å²) in [5, 5.41) is 23.2. The molecule has 0 aliphatic heterocycles. The van der Waals surface area contributed by atoms with Crippen LogP contribution in [0.5, 0.6) is 0 Å². The van der Waals surface area contributed by atoms with Gasteiger partial charge in [-0.05, 0) is 44.9 Å². The molecule has 0 aromatic heterocycles. The van der Waals surface area contributed by atoms with E-state index >= 15 is 0 Å². The van der Waals surface area contributed by atoms with Gasteiger partial charge in [0.25, 0.3) is 0 Å². The van der Waals surface area contributed by atoms with Gasteiger partial charge in [0, 0.05) is 6.42 Å². The van der Waals surface area contributed by atoms with Gasteiger partial charge in [0.2, 0.25) is 5.91 Å². The number of aliphatic hydroxyl groups excluding tert-OH is 2. The molecule has 3 N–H and O–H groups in total. The van der Waals surface area contributed by atoms with Crippen LogP contribution in [-0.4, -0.2) is 34.9 Å². The first-order valence-corrected chi connectivity index (χ1v) is 24.0. The van der Waals surface area contributed by atoms with E-state index in [1.54, 1.807) is 0 Å². The topological polar surface area (TPSA) is 69.6 Å². The van der Waals surface area contributed by atoms with E-state index in [0.717, 1.165) is 32.1 Å². The first-order chi connectivity index (χ1) is 26.2. The van der Waals surface area contributed by atoms with Gasteiger partial charge in [-0.1, -0.05) is 237 Å². The minimum Gasteiger partial charge on any atom is -0.394 e. The number of hydrogen-bond acceptors (Lipinski definition) is 3. The fourth-order valence-corrected chi connectivity index (χ4v) is 7.51. The Labute approximate surface area is 332 Å². The monoisotopic (exact) mass is 746 g/mol. The maximum Gasteiger partial charge on any atom is 0.220 e. The van der Waals surface area contributed by atoms with Crippen molar-refractivity contribution in [3.8, 4) is 0 Å². The number of carbonyl (C=O) groups is 1. The Balaban J connectivity index is 3.49. The summed E-state index contributed by atoms with van der Waals surface area (Å²) in [5.41, 5.74) is 0. The Hall–Kier alpha value is -1.13. The first kappa shape index (κ1) is 51.9. The first-order valence-electron chi connectivity index (χ1n) is 24.0. The molecule has 0 radical (unpaired) electrons. The molecule has 0 heterocycles. The van der Waals surface area contributed by atoms with Gasteiger partial charge < -0.3 is 15.5 Å². The summed E-state index contributed by atoms with van der Waals surface area (Å²) in [7, 11) is 0. The molecule has 4 nitrogen and oxygen atoms in total. The van der Waals surface area contributed by atoms with Gasteiger partial charge in [-0.15, -0.1) is 0 Å². The van der Waals surface area contributed by atoms with Crippen molar-refractivity contribution in [1.29, 1.82) is 0 Å². The molecule has 2 unspecified atom stereocenters. The zero-order valence-corrected chi connectivity index (χ0v) is 36.1. The molecule has 0 bridgehead atoms. The number of amides is 1. The number of hydrogen-bond donors (Lipinski definition) is 3. The molecule has 53 heavy (non-hydrogen) atoms. The predicted molar refractivity (Wildman–Crippen MR) is 235 cm³/mol. The Kier molecular flexibility index (Phi) is 44.3. The van der Waals surface area contributed by atoms with E-state index in [2.05, 4.69) is 43.5 Å². The third kappa shape index (κ3) is 41.9. The van der Waals surface area contributed by atoms with Crippen molar-refractivity contribution < 1.29 is 15.0 Å². The van der Waals surface area contributed by atoms with E-state index in [1.165, 1.54) is 205 Å². The Morgan fingerprint density at radius 3 is 1.13 bits per heavy atom. The highest BCUT2D eigenvalue weighted by Gasteiger charge is 2.20. The van der Waals surface area contributed by atoms with E-state index in [4.69, 9.17) is 0 Å². The number of rotatable bonds is 44. The minimum absolute atomic E-state index is 0.0331. The molecule has 0 aromatic rings. The van der Waals surface area contributed by atoms with E-state index in [9.17, 15) is 15.0 Å². The molecule has 0 saturated heterocycles. The fourth-order valence-electron chi connectivity index (χ4n) is 7.51. The highest BCUT2D eigenvalue weighted by atomic mass is 16.3. The second-order valence-corrected chi connectivity index (χ2v) is 16.5. The van der Waals surface area contributed by atoms with Gasteiger partial charge >= 0.3 is 0 Å². The van der Waals surface area contributed by atoms with Crippen molar-refractivity contribution >= 4 is 5.91 Å². The maximum absolute atomic E-state index is 12.4. The van der Waals surface area contributed by atoms with Crippen LogP contribution >= 0.6 is 0 Å². The molecule has 4 heteroatoms. The summed E-state index contributed by atoms with van der Waals surface area (Å²) in [6.07, 6.45) is 58.4. The second-order valence-electron chi connectivity index (χ2n) is 16.5. The summed E-state index contributed by atoms with van der Waals surface area (Å²) in [6.45, 7) is 4.37. The van der Waals surface area contributed by atoms with E-state index in [-0.39, 0.29) is 12.5 Å². The normalized spacial score (nSPS) is 13.1. The van der Waals surface area contributed by atoms with Crippen molar-refractivity contribution in [3.05, 3.63) is 24.3 Å². The summed E-state index contributed by atoms with van der Waals surface area (Å²) in [4.78, 5) is 12.4. The van der Waals surface area contributed by atoms with Crippen LogP contribution in [0.1, 0.15) is 264 Å². The number of nitrogens with one attached hydrogen (secondary N) is 1. The molecule has 0 saturated carbocycles. The standard InChI is InChI=1S/C49H95NO3/c1-3-5-7-9-11-13-15-17-19-21-22-23-24-25-26-27-28-29-31-33-35-37-39-41-43-45-49(53)50-47(46-51)48(52)44-42-40-38-36-34-32-30-20-18-16-14-12-10-8-6-4-2/h22-23,25-26,47-48,51-52H,3-21,24,27-46H2,1-2H3,(H,50,53)/b23-22-,26-25-. The van der Waals surface area contributed by atoms with E-state index in [0.29, 0.717) is 12.8 Å². The SMILES string of the molecule is CCCCCCCCCCC/C=C\C/C=C\CCCCCCCCCCCC(=O)NC(CO)C(O)CCCCCCCCCCCCCCCCCC. The van der Waals surface area contributed by atoms with Crippen molar-refractivity contribution in [1.82, 2.24) is 5.32 Å². The van der Waals surface area contributed by atoms with Gasteiger partial charge in [0.1, 0.15) is 0 Å². The average molecular weight is 746 g/mol. The smallest absolute Gasteiger partial charge is 0.220 e. The summed E-state index contributed by atoms with van der Waals surface area (Å²) >= 11 is 0. The van der Waals surface area contributed by atoms with Crippen molar-refractivity contribution in [2.75, 3.05) is 6.61 Å². The molecule has 0 spiro atoms. The number of aliphatic hydroxyl groups is 2. The fraction of sp³-hybridized carbons (Fsp3) is 0.898. The largest absolute Gasteiger partial charge is 0.394 e. The molecule has 0 fully saturated rings. The van der Waals surface area contributed by atoms with Gasteiger partial charge in [0.15, 0.2) is 0 Å². The van der Waals surface area contributed by atoms with E-state index < -0.39 is 12.1 Å².